The van der Waals surface area contributed by atoms with Crippen LogP contribution in [0.2, 0.25) is 0 Å². The number of ether oxygens (including phenoxy) is 1. The molecule has 2 rings (SSSR count). The molecule has 0 aliphatic rings. The van der Waals surface area contributed by atoms with Gasteiger partial charge in [0.2, 0.25) is 5.95 Å². The molecule has 6 nitrogen and oxygen atoms in total. The van der Waals surface area contributed by atoms with Gasteiger partial charge in [-0.3, -0.25) is 0 Å². The van der Waals surface area contributed by atoms with Crippen LogP contribution in [0.4, 0.5) is 21.8 Å². The Kier molecular flexibility index (Phi) is 5.19. The summed E-state index contributed by atoms with van der Waals surface area (Å²) in [6, 6.07) is 6.32. The van der Waals surface area contributed by atoms with Crippen molar-refractivity contribution in [1.82, 2.24) is 15.2 Å². The molecular weight excluding hydrogens is 261 g/mol. The fourth-order valence-corrected chi connectivity index (χ4v) is 1.56. The third kappa shape index (κ3) is 4.13. The van der Waals surface area contributed by atoms with Crippen LogP contribution in [-0.4, -0.2) is 35.4 Å². The Morgan fingerprint density at radius 1 is 1.30 bits per heavy atom. The van der Waals surface area contributed by atoms with Crippen molar-refractivity contribution in [2.75, 3.05) is 30.9 Å². The zero-order chi connectivity index (χ0) is 14.2. The first-order chi connectivity index (χ1) is 9.79. The van der Waals surface area contributed by atoms with E-state index >= 15 is 0 Å². The zero-order valence-electron chi connectivity index (χ0n) is 11.1. The maximum Gasteiger partial charge on any atom is 0.249 e. The van der Waals surface area contributed by atoms with Gasteiger partial charge in [-0.05, 0) is 18.6 Å². The lowest BCUT2D eigenvalue weighted by Crippen LogP contribution is -2.08. The van der Waals surface area contributed by atoms with Gasteiger partial charge in [-0.25, -0.2) is 4.39 Å². The van der Waals surface area contributed by atoms with Crippen molar-refractivity contribution in [2.45, 2.75) is 6.42 Å². The first-order valence-corrected chi connectivity index (χ1v) is 6.23. The van der Waals surface area contributed by atoms with Crippen molar-refractivity contribution in [3.05, 3.63) is 36.3 Å². The lowest BCUT2D eigenvalue weighted by atomic mass is 10.3. The minimum Gasteiger partial charge on any atom is -0.385 e. The molecule has 2 N–H and O–H groups in total. The van der Waals surface area contributed by atoms with Crippen molar-refractivity contribution in [1.29, 1.82) is 0 Å². The summed E-state index contributed by atoms with van der Waals surface area (Å²) in [5.74, 6) is 0.455. The van der Waals surface area contributed by atoms with E-state index < -0.39 is 0 Å². The molecule has 1 aromatic heterocycles. The molecule has 106 valence electrons. The minimum atomic E-state index is -0.366. The molecule has 0 radical (unpaired) electrons. The number of methoxy groups -OCH3 is 1. The minimum absolute atomic E-state index is 0.242. The number of nitrogens with one attached hydrogen (secondary N) is 2. The van der Waals surface area contributed by atoms with Gasteiger partial charge < -0.3 is 15.4 Å². The second-order valence-corrected chi connectivity index (χ2v) is 4.04. The summed E-state index contributed by atoms with van der Waals surface area (Å²) in [6.45, 7) is 1.39. The smallest absolute Gasteiger partial charge is 0.249 e. The lowest BCUT2D eigenvalue weighted by Gasteiger charge is -2.07. The predicted octanol–water partition coefficient (Wildman–Crippen LogP) is 2.20. The van der Waals surface area contributed by atoms with Crippen LogP contribution in [0.1, 0.15) is 6.42 Å². The number of benzene rings is 1. The van der Waals surface area contributed by atoms with Crippen LogP contribution in [0.3, 0.4) is 0 Å². The average Bonchev–Trinajstić information content (AvgIpc) is 2.47. The lowest BCUT2D eigenvalue weighted by molar-refractivity contribution is 0.197. The van der Waals surface area contributed by atoms with Gasteiger partial charge in [0.1, 0.15) is 5.82 Å². The topological polar surface area (TPSA) is 72.0 Å². The molecule has 0 fully saturated rings. The van der Waals surface area contributed by atoms with E-state index in [-0.39, 0.29) is 11.8 Å². The first-order valence-electron chi connectivity index (χ1n) is 6.23. The Bertz CT molecular complexity index is 552. The van der Waals surface area contributed by atoms with Crippen LogP contribution in [0.5, 0.6) is 0 Å². The van der Waals surface area contributed by atoms with Crippen LogP contribution in [-0.2, 0) is 4.74 Å². The summed E-state index contributed by atoms with van der Waals surface area (Å²) >= 11 is 0. The van der Waals surface area contributed by atoms with E-state index in [2.05, 4.69) is 25.8 Å². The van der Waals surface area contributed by atoms with Crippen molar-refractivity contribution in [2.24, 2.45) is 0 Å². The largest absolute Gasteiger partial charge is 0.385 e. The fourth-order valence-electron chi connectivity index (χ4n) is 1.56. The van der Waals surface area contributed by atoms with Crippen LogP contribution in [0.25, 0.3) is 0 Å². The van der Waals surface area contributed by atoms with Gasteiger partial charge in [0, 0.05) is 20.3 Å². The van der Waals surface area contributed by atoms with E-state index in [4.69, 9.17) is 4.74 Å². The van der Waals surface area contributed by atoms with Gasteiger partial charge in [-0.1, -0.05) is 12.1 Å². The Morgan fingerprint density at radius 3 is 2.95 bits per heavy atom. The molecule has 0 spiro atoms. The molecule has 0 atom stereocenters. The van der Waals surface area contributed by atoms with E-state index in [0.29, 0.717) is 24.7 Å². The SMILES string of the molecule is COCCCNc1cnnc(Nc2ccccc2F)n1. The third-order valence-corrected chi connectivity index (χ3v) is 2.51. The van der Waals surface area contributed by atoms with Crippen LogP contribution in [0.15, 0.2) is 30.5 Å². The summed E-state index contributed by atoms with van der Waals surface area (Å²) in [7, 11) is 1.66. The van der Waals surface area contributed by atoms with E-state index in [1.54, 1.807) is 25.3 Å². The summed E-state index contributed by atoms with van der Waals surface area (Å²) in [6.07, 6.45) is 2.37. The Morgan fingerprint density at radius 2 is 2.15 bits per heavy atom. The molecular formula is C13H16FN5O. The van der Waals surface area contributed by atoms with Gasteiger partial charge in [0.15, 0.2) is 5.82 Å². The fraction of sp³-hybridized carbons (Fsp3) is 0.308. The number of rotatable bonds is 7. The molecule has 0 aliphatic carbocycles. The zero-order valence-corrected chi connectivity index (χ0v) is 11.1. The summed E-state index contributed by atoms with van der Waals surface area (Å²) in [4.78, 5) is 4.20. The van der Waals surface area contributed by atoms with E-state index in [0.717, 1.165) is 6.42 Å². The first kappa shape index (κ1) is 14.1. The van der Waals surface area contributed by atoms with E-state index in [1.165, 1.54) is 12.3 Å². The molecule has 7 heteroatoms. The summed E-state index contributed by atoms with van der Waals surface area (Å²) < 4.78 is 18.4. The highest BCUT2D eigenvalue weighted by molar-refractivity contribution is 5.54. The normalized spacial score (nSPS) is 10.3. The van der Waals surface area contributed by atoms with Gasteiger partial charge in [-0.15, -0.1) is 5.10 Å². The Labute approximate surface area is 116 Å². The molecule has 1 heterocycles. The number of hydrogen-bond acceptors (Lipinski definition) is 6. The van der Waals surface area contributed by atoms with Crippen molar-refractivity contribution in [3.63, 3.8) is 0 Å². The highest BCUT2D eigenvalue weighted by atomic mass is 19.1. The molecule has 1 aromatic carbocycles. The second-order valence-electron chi connectivity index (χ2n) is 4.04. The Hall–Kier alpha value is -2.28. The van der Waals surface area contributed by atoms with Crippen LogP contribution >= 0.6 is 0 Å². The van der Waals surface area contributed by atoms with E-state index in [9.17, 15) is 4.39 Å². The molecule has 0 unspecified atom stereocenters. The highest BCUT2D eigenvalue weighted by Crippen LogP contribution is 2.16. The number of aromatic nitrogens is 3. The molecule has 2 aromatic rings. The number of hydrogen-bond donors (Lipinski definition) is 2. The number of nitrogens with zero attached hydrogens (tertiary/aromatic N) is 3. The quantitative estimate of drug-likeness (QED) is 0.756. The standard InChI is InChI=1S/C13H16FN5O/c1-20-8-4-7-15-12-9-16-19-13(18-12)17-11-6-3-2-5-10(11)14/h2-3,5-6,9H,4,7-8H2,1H3,(H2,15,17,18,19). The summed E-state index contributed by atoms with van der Waals surface area (Å²) in [5, 5.41) is 13.5. The number of para-hydroxylation sites is 1. The van der Waals surface area contributed by atoms with E-state index in [1.807, 2.05) is 0 Å². The average molecular weight is 277 g/mol. The molecule has 0 saturated carbocycles. The predicted molar refractivity (Wildman–Crippen MR) is 74.5 cm³/mol. The van der Waals surface area contributed by atoms with Crippen molar-refractivity contribution in [3.8, 4) is 0 Å². The molecule has 0 amide bonds. The number of halogens is 1. The highest BCUT2D eigenvalue weighted by Gasteiger charge is 2.04. The van der Waals surface area contributed by atoms with Crippen molar-refractivity contribution < 1.29 is 9.13 Å². The number of anilines is 3. The molecule has 0 bridgehead atoms. The van der Waals surface area contributed by atoms with Gasteiger partial charge in [0.05, 0.1) is 11.9 Å². The third-order valence-electron chi connectivity index (χ3n) is 2.51. The molecule has 20 heavy (non-hydrogen) atoms. The van der Waals surface area contributed by atoms with Crippen LogP contribution < -0.4 is 10.6 Å². The van der Waals surface area contributed by atoms with Gasteiger partial charge in [-0.2, -0.15) is 10.1 Å². The monoisotopic (exact) mass is 277 g/mol. The maximum atomic E-state index is 13.5. The molecule has 0 saturated heterocycles. The van der Waals surface area contributed by atoms with Gasteiger partial charge in [0.25, 0.3) is 0 Å². The maximum absolute atomic E-state index is 13.5. The Balaban J connectivity index is 1.97. The van der Waals surface area contributed by atoms with Crippen molar-refractivity contribution >= 4 is 17.5 Å². The summed E-state index contributed by atoms with van der Waals surface area (Å²) in [5.41, 5.74) is 0.311. The molecule has 0 aliphatic heterocycles. The van der Waals surface area contributed by atoms with Crippen LogP contribution in [0, 0.1) is 5.82 Å². The van der Waals surface area contributed by atoms with Gasteiger partial charge >= 0.3 is 0 Å². The second kappa shape index (κ2) is 7.34.